The molecule has 3 heteroatoms. The van der Waals surface area contributed by atoms with Gasteiger partial charge in [0.1, 0.15) is 5.82 Å². The van der Waals surface area contributed by atoms with Crippen molar-refractivity contribution in [3.63, 3.8) is 0 Å². The SMILES string of the molecule is OC(CC1CCCC1)c1ccc(Br)cc1F. The van der Waals surface area contributed by atoms with E-state index in [1.165, 1.54) is 31.7 Å². The topological polar surface area (TPSA) is 20.2 Å². The molecule has 1 aromatic rings. The molecule has 1 atom stereocenters. The van der Waals surface area contributed by atoms with E-state index in [0.29, 0.717) is 22.4 Å². The Morgan fingerprint density at radius 3 is 2.69 bits per heavy atom. The fourth-order valence-corrected chi connectivity index (χ4v) is 2.79. The molecule has 0 aliphatic heterocycles. The van der Waals surface area contributed by atoms with E-state index in [1.54, 1.807) is 12.1 Å². The molecule has 0 heterocycles. The molecule has 1 fully saturated rings. The monoisotopic (exact) mass is 286 g/mol. The van der Waals surface area contributed by atoms with Crippen molar-refractivity contribution in [1.82, 2.24) is 0 Å². The number of rotatable bonds is 3. The van der Waals surface area contributed by atoms with Gasteiger partial charge in [0.05, 0.1) is 6.10 Å². The number of benzene rings is 1. The summed E-state index contributed by atoms with van der Waals surface area (Å²) in [4.78, 5) is 0. The molecule has 0 radical (unpaired) electrons. The van der Waals surface area contributed by atoms with Gasteiger partial charge in [0.25, 0.3) is 0 Å². The van der Waals surface area contributed by atoms with E-state index in [-0.39, 0.29) is 5.82 Å². The van der Waals surface area contributed by atoms with Gasteiger partial charge in [0.2, 0.25) is 0 Å². The zero-order chi connectivity index (χ0) is 11.5. The lowest BCUT2D eigenvalue weighted by Crippen LogP contribution is -2.06. The highest BCUT2D eigenvalue weighted by Crippen LogP contribution is 2.34. The van der Waals surface area contributed by atoms with Crippen LogP contribution in [0.3, 0.4) is 0 Å². The van der Waals surface area contributed by atoms with Gasteiger partial charge in [0.15, 0.2) is 0 Å². The highest BCUT2D eigenvalue weighted by atomic mass is 79.9. The normalized spacial score (nSPS) is 18.9. The summed E-state index contributed by atoms with van der Waals surface area (Å²) in [6, 6.07) is 4.85. The van der Waals surface area contributed by atoms with Crippen molar-refractivity contribution in [2.45, 2.75) is 38.2 Å². The quantitative estimate of drug-likeness (QED) is 0.883. The number of hydrogen-bond acceptors (Lipinski definition) is 1. The molecule has 1 saturated carbocycles. The Labute approximate surface area is 104 Å². The van der Waals surface area contributed by atoms with E-state index in [0.717, 1.165) is 0 Å². The second-order valence-corrected chi connectivity index (χ2v) is 5.48. The molecule has 1 nitrogen and oxygen atoms in total. The van der Waals surface area contributed by atoms with Gasteiger partial charge in [-0.3, -0.25) is 0 Å². The minimum atomic E-state index is -0.656. The number of aliphatic hydroxyl groups is 1. The maximum atomic E-state index is 13.6. The Morgan fingerprint density at radius 2 is 2.06 bits per heavy atom. The summed E-state index contributed by atoms with van der Waals surface area (Å²) in [5.41, 5.74) is 0.426. The van der Waals surface area contributed by atoms with Crippen LogP contribution in [0.15, 0.2) is 22.7 Å². The largest absolute Gasteiger partial charge is 0.388 e. The van der Waals surface area contributed by atoms with Gasteiger partial charge < -0.3 is 5.11 Å². The minimum Gasteiger partial charge on any atom is -0.388 e. The van der Waals surface area contributed by atoms with Gasteiger partial charge in [-0.15, -0.1) is 0 Å². The molecule has 16 heavy (non-hydrogen) atoms. The predicted octanol–water partition coefficient (Wildman–Crippen LogP) is 4.20. The third-order valence-corrected chi connectivity index (χ3v) is 3.85. The zero-order valence-electron chi connectivity index (χ0n) is 9.13. The molecule has 1 aliphatic carbocycles. The molecule has 1 aromatic carbocycles. The fraction of sp³-hybridized carbons (Fsp3) is 0.538. The summed E-state index contributed by atoms with van der Waals surface area (Å²) in [6.45, 7) is 0. The molecule has 1 unspecified atom stereocenters. The van der Waals surface area contributed by atoms with Gasteiger partial charge >= 0.3 is 0 Å². The highest BCUT2D eigenvalue weighted by molar-refractivity contribution is 9.10. The molecule has 1 aliphatic rings. The standard InChI is InChI=1S/C13H16BrFO/c14-10-5-6-11(12(15)8-10)13(16)7-9-3-1-2-4-9/h5-6,8-9,13,16H,1-4,7H2. The van der Waals surface area contributed by atoms with Crippen molar-refractivity contribution in [2.75, 3.05) is 0 Å². The number of aliphatic hydroxyl groups excluding tert-OH is 1. The first kappa shape index (κ1) is 12.1. The molecule has 0 saturated heterocycles. The highest BCUT2D eigenvalue weighted by Gasteiger charge is 2.21. The maximum absolute atomic E-state index is 13.6. The van der Waals surface area contributed by atoms with Gasteiger partial charge in [-0.05, 0) is 24.5 Å². The molecule has 0 aromatic heterocycles. The van der Waals surface area contributed by atoms with Crippen LogP contribution in [-0.4, -0.2) is 5.11 Å². The second kappa shape index (κ2) is 5.28. The molecule has 0 bridgehead atoms. The van der Waals surface area contributed by atoms with Crippen LogP contribution < -0.4 is 0 Å². The number of hydrogen-bond donors (Lipinski definition) is 1. The minimum absolute atomic E-state index is 0.320. The van der Waals surface area contributed by atoms with Gasteiger partial charge in [-0.1, -0.05) is 47.7 Å². The lowest BCUT2D eigenvalue weighted by Gasteiger charge is -2.16. The van der Waals surface area contributed by atoms with Crippen molar-refractivity contribution in [2.24, 2.45) is 5.92 Å². The average molecular weight is 287 g/mol. The van der Waals surface area contributed by atoms with Crippen molar-refractivity contribution in [3.8, 4) is 0 Å². The summed E-state index contributed by atoms with van der Waals surface area (Å²) in [5, 5.41) is 10.00. The lowest BCUT2D eigenvalue weighted by molar-refractivity contribution is 0.141. The van der Waals surface area contributed by atoms with E-state index < -0.39 is 6.10 Å². The van der Waals surface area contributed by atoms with Crippen LogP contribution in [0.4, 0.5) is 4.39 Å². The Bertz CT molecular complexity index is 361. The Balaban J connectivity index is 2.04. The molecular formula is C13H16BrFO. The van der Waals surface area contributed by atoms with Crippen molar-refractivity contribution in [1.29, 1.82) is 0 Å². The molecule has 2 rings (SSSR count). The van der Waals surface area contributed by atoms with E-state index in [1.807, 2.05) is 0 Å². The molecular weight excluding hydrogens is 271 g/mol. The van der Waals surface area contributed by atoms with Crippen LogP contribution in [-0.2, 0) is 0 Å². The first-order valence-corrected chi connectivity index (χ1v) is 6.59. The van der Waals surface area contributed by atoms with Crippen LogP contribution in [0.25, 0.3) is 0 Å². The third-order valence-electron chi connectivity index (χ3n) is 3.35. The van der Waals surface area contributed by atoms with E-state index in [2.05, 4.69) is 15.9 Å². The Kier molecular flexibility index (Phi) is 3.98. The van der Waals surface area contributed by atoms with Crippen molar-refractivity contribution in [3.05, 3.63) is 34.1 Å². The van der Waals surface area contributed by atoms with Gasteiger partial charge in [0, 0.05) is 10.0 Å². The summed E-state index contributed by atoms with van der Waals surface area (Å²) >= 11 is 3.21. The van der Waals surface area contributed by atoms with E-state index in [9.17, 15) is 9.50 Å². The first-order chi connectivity index (χ1) is 7.66. The molecule has 0 amide bonds. The van der Waals surface area contributed by atoms with Crippen molar-refractivity contribution >= 4 is 15.9 Å². The summed E-state index contributed by atoms with van der Waals surface area (Å²) in [7, 11) is 0. The lowest BCUT2D eigenvalue weighted by atomic mass is 9.95. The van der Waals surface area contributed by atoms with Crippen LogP contribution in [0.5, 0.6) is 0 Å². The smallest absolute Gasteiger partial charge is 0.130 e. The molecule has 0 spiro atoms. The Morgan fingerprint density at radius 1 is 1.38 bits per heavy atom. The molecule has 88 valence electrons. The Hall–Kier alpha value is -0.410. The van der Waals surface area contributed by atoms with Crippen LogP contribution in [0.2, 0.25) is 0 Å². The summed E-state index contributed by atoms with van der Waals surface area (Å²) < 4.78 is 14.3. The van der Waals surface area contributed by atoms with Crippen LogP contribution in [0, 0.1) is 11.7 Å². The third kappa shape index (κ3) is 2.83. The second-order valence-electron chi connectivity index (χ2n) is 4.57. The van der Waals surface area contributed by atoms with Gasteiger partial charge in [-0.25, -0.2) is 4.39 Å². The van der Waals surface area contributed by atoms with Gasteiger partial charge in [-0.2, -0.15) is 0 Å². The first-order valence-electron chi connectivity index (χ1n) is 5.80. The average Bonchev–Trinajstić information content (AvgIpc) is 2.70. The zero-order valence-corrected chi connectivity index (χ0v) is 10.7. The van der Waals surface area contributed by atoms with Crippen LogP contribution in [0.1, 0.15) is 43.8 Å². The van der Waals surface area contributed by atoms with Crippen molar-refractivity contribution < 1.29 is 9.50 Å². The molecule has 1 N–H and O–H groups in total. The fourth-order valence-electron chi connectivity index (χ4n) is 2.46. The van der Waals surface area contributed by atoms with Crippen LogP contribution >= 0.6 is 15.9 Å². The van der Waals surface area contributed by atoms with E-state index >= 15 is 0 Å². The summed E-state index contributed by atoms with van der Waals surface area (Å²) in [5.74, 6) is 0.248. The predicted molar refractivity (Wildman–Crippen MR) is 65.6 cm³/mol. The summed E-state index contributed by atoms with van der Waals surface area (Å²) in [6.07, 6.45) is 4.89. The number of halogens is 2. The maximum Gasteiger partial charge on any atom is 0.130 e. The van der Waals surface area contributed by atoms with E-state index in [4.69, 9.17) is 0 Å².